The topological polar surface area (TPSA) is 67.3 Å². The molecule has 0 bridgehead atoms. The van der Waals surface area contributed by atoms with Gasteiger partial charge in [0.1, 0.15) is 5.75 Å². The molecule has 3 rings (SSSR count). The van der Waals surface area contributed by atoms with Gasteiger partial charge in [-0.2, -0.15) is 8.75 Å². The van der Waals surface area contributed by atoms with Crippen LogP contribution in [0.2, 0.25) is 0 Å². The number of hydrogen-bond donors (Lipinski definition) is 1. The van der Waals surface area contributed by atoms with Crippen molar-refractivity contribution in [2.24, 2.45) is 0 Å². The molecule has 0 saturated heterocycles. The summed E-state index contributed by atoms with van der Waals surface area (Å²) in [6.45, 7) is 2.08. The third-order valence-electron chi connectivity index (χ3n) is 5.00. The van der Waals surface area contributed by atoms with E-state index >= 15 is 0 Å². The maximum absolute atomic E-state index is 11.8. The highest BCUT2D eigenvalue weighted by Gasteiger charge is 2.18. The van der Waals surface area contributed by atoms with E-state index in [0.29, 0.717) is 24.9 Å². The molecule has 2 aromatic rings. The van der Waals surface area contributed by atoms with Gasteiger partial charge in [-0.25, -0.2) is 0 Å². The lowest BCUT2D eigenvalue weighted by Gasteiger charge is -2.31. The van der Waals surface area contributed by atoms with Gasteiger partial charge in [0.25, 0.3) is 5.91 Å². The fourth-order valence-corrected chi connectivity index (χ4v) is 3.90. The molecule has 1 aromatic carbocycles. The fourth-order valence-electron chi connectivity index (χ4n) is 3.49. The lowest BCUT2D eigenvalue weighted by molar-refractivity contribution is 0.0947. The molecule has 0 atom stereocenters. The van der Waals surface area contributed by atoms with Gasteiger partial charge in [-0.05, 0) is 44.0 Å². The van der Waals surface area contributed by atoms with E-state index in [0.717, 1.165) is 30.4 Å². The third-order valence-corrected chi connectivity index (χ3v) is 5.48. The second kappa shape index (κ2) is 10.4. The molecule has 1 saturated carbocycles. The van der Waals surface area contributed by atoms with Crippen LogP contribution in [-0.4, -0.2) is 45.8 Å². The Balaban J connectivity index is 1.38. The summed E-state index contributed by atoms with van der Waals surface area (Å²) >= 11 is 1.03. The highest BCUT2D eigenvalue weighted by molar-refractivity contribution is 6.99. The summed E-state index contributed by atoms with van der Waals surface area (Å²) in [7, 11) is 2.23. The van der Waals surface area contributed by atoms with Crippen LogP contribution in [0.4, 0.5) is 0 Å². The lowest BCUT2D eigenvalue weighted by atomic mass is 9.94. The van der Waals surface area contributed by atoms with Gasteiger partial charge in [0, 0.05) is 19.1 Å². The molecule has 27 heavy (non-hydrogen) atoms. The van der Waals surface area contributed by atoms with Gasteiger partial charge in [0.2, 0.25) is 0 Å². The van der Waals surface area contributed by atoms with Crippen LogP contribution in [0.25, 0.3) is 0 Å². The summed E-state index contributed by atoms with van der Waals surface area (Å²) in [6, 6.07) is 9.03. The zero-order valence-electron chi connectivity index (χ0n) is 15.9. The quantitative estimate of drug-likeness (QED) is 0.666. The molecule has 1 fully saturated rings. The maximum Gasteiger partial charge on any atom is 0.272 e. The average Bonchev–Trinajstić information content (AvgIpc) is 3.23. The normalized spacial score (nSPS) is 15.0. The molecule has 1 aliphatic carbocycles. The summed E-state index contributed by atoms with van der Waals surface area (Å²) < 4.78 is 13.6. The van der Waals surface area contributed by atoms with Crippen LogP contribution in [0.5, 0.6) is 5.75 Å². The number of nitrogens with one attached hydrogen (secondary N) is 1. The largest absolute Gasteiger partial charge is 0.494 e. The fraction of sp³-hybridized carbons (Fsp3) is 0.550. The van der Waals surface area contributed by atoms with Crippen LogP contribution in [0.15, 0.2) is 30.5 Å². The Morgan fingerprint density at radius 2 is 2.19 bits per heavy atom. The van der Waals surface area contributed by atoms with E-state index in [-0.39, 0.29) is 5.91 Å². The third kappa shape index (κ3) is 6.29. The molecular formula is C20H28N4O2S. The first kappa shape index (κ1) is 19.8. The Bertz CT molecular complexity index is 702. The second-order valence-corrected chi connectivity index (χ2v) is 7.66. The number of ether oxygens (including phenoxy) is 1. The number of rotatable bonds is 9. The molecule has 1 heterocycles. The van der Waals surface area contributed by atoms with E-state index in [1.165, 1.54) is 43.9 Å². The molecule has 0 aliphatic heterocycles. The van der Waals surface area contributed by atoms with Crippen molar-refractivity contribution >= 4 is 17.6 Å². The molecule has 1 amide bonds. The Labute approximate surface area is 165 Å². The van der Waals surface area contributed by atoms with Crippen LogP contribution < -0.4 is 10.1 Å². The van der Waals surface area contributed by atoms with Gasteiger partial charge >= 0.3 is 0 Å². The van der Waals surface area contributed by atoms with E-state index in [2.05, 4.69) is 44.2 Å². The summed E-state index contributed by atoms with van der Waals surface area (Å²) in [4.78, 5) is 14.2. The van der Waals surface area contributed by atoms with Crippen LogP contribution in [-0.2, 0) is 6.54 Å². The van der Waals surface area contributed by atoms with E-state index in [9.17, 15) is 4.79 Å². The van der Waals surface area contributed by atoms with Crippen molar-refractivity contribution in [3.05, 3.63) is 41.7 Å². The minimum absolute atomic E-state index is 0.184. The molecule has 146 valence electrons. The number of aromatic nitrogens is 2. The van der Waals surface area contributed by atoms with Crippen LogP contribution in [0.1, 0.15) is 54.6 Å². The first-order valence-electron chi connectivity index (χ1n) is 9.70. The Kier molecular flexibility index (Phi) is 7.59. The summed E-state index contributed by atoms with van der Waals surface area (Å²) in [5.41, 5.74) is 1.65. The number of amides is 1. The van der Waals surface area contributed by atoms with Crippen molar-refractivity contribution in [2.75, 3.05) is 20.2 Å². The molecular weight excluding hydrogens is 360 g/mol. The monoisotopic (exact) mass is 388 g/mol. The van der Waals surface area contributed by atoms with Gasteiger partial charge in [0.15, 0.2) is 5.69 Å². The minimum atomic E-state index is -0.184. The number of hydrogen-bond acceptors (Lipinski definition) is 6. The first-order chi connectivity index (χ1) is 13.2. The van der Waals surface area contributed by atoms with Crippen molar-refractivity contribution in [2.45, 2.75) is 51.1 Å². The highest BCUT2D eigenvalue weighted by atomic mass is 32.1. The lowest BCUT2D eigenvalue weighted by Crippen LogP contribution is -2.32. The zero-order chi connectivity index (χ0) is 18.9. The van der Waals surface area contributed by atoms with E-state index in [1.807, 2.05) is 6.07 Å². The van der Waals surface area contributed by atoms with Crippen molar-refractivity contribution in [1.29, 1.82) is 0 Å². The first-order valence-corrected chi connectivity index (χ1v) is 10.4. The van der Waals surface area contributed by atoms with E-state index < -0.39 is 0 Å². The summed E-state index contributed by atoms with van der Waals surface area (Å²) in [6.07, 6.45) is 8.95. The van der Waals surface area contributed by atoms with Crippen molar-refractivity contribution in [1.82, 2.24) is 19.0 Å². The van der Waals surface area contributed by atoms with Crippen LogP contribution >= 0.6 is 11.7 Å². The summed E-state index contributed by atoms with van der Waals surface area (Å²) in [5.74, 6) is 0.705. The Hall–Kier alpha value is -1.99. The van der Waals surface area contributed by atoms with Crippen molar-refractivity contribution in [3.8, 4) is 5.75 Å². The minimum Gasteiger partial charge on any atom is -0.494 e. The molecule has 0 radical (unpaired) electrons. The van der Waals surface area contributed by atoms with Gasteiger partial charge in [-0.3, -0.25) is 9.69 Å². The second-order valence-electron chi connectivity index (χ2n) is 7.10. The van der Waals surface area contributed by atoms with Crippen molar-refractivity contribution < 1.29 is 9.53 Å². The molecule has 6 nitrogen and oxygen atoms in total. The maximum atomic E-state index is 11.8. The predicted molar refractivity (Wildman–Crippen MR) is 107 cm³/mol. The summed E-state index contributed by atoms with van der Waals surface area (Å²) in [5, 5.41) is 2.82. The van der Waals surface area contributed by atoms with E-state index in [1.54, 1.807) is 0 Å². The number of benzene rings is 1. The molecule has 0 spiro atoms. The van der Waals surface area contributed by atoms with Gasteiger partial charge in [-0.1, -0.05) is 31.4 Å². The average molecular weight is 389 g/mol. The van der Waals surface area contributed by atoms with Gasteiger partial charge in [-0.15, -0.1) is 0 Å². The predicted octanol–water partition coefficient (Wildman–Crippen LogP) is 3.50. The van der Waals surface area contributed by atoms with Crippen LogP contribution in [0.3, 0.4) is 0 Å². The molecule has 7 heteroatoms. The standard InChI is InChI=1S/C20H28N4O2S/c1-24(17-8-3-2-4-9-17)15-16-7-5-10-18(13-16)26-12-6-11-21-20(25)19-14-22-27-23-19/h5,7,10,13-14,17H,2-4,6,8-9,11-12,15H2,1H3,(H,21,25). The van der Waals surface area contributed by atoms with E-state index in [4.69, 9.17) is 4.74 Å². The van der Waals surface area contributed by atoms with Crippen molar-refractivity contribution in [3.63, 3.8) is 0 Å². The van der Waals surface area contributed by atoms with Gasteiger partial charge in [0.05, 0.1) is 24.5 Å². The number of nitrogens with zero attached hydrogens (tertiary/aromatic N) is 3. The SMILES string of the molecule is CN(Cc1cccc(OCCCNC(=O)c2cnsn2)c1)C1CCCCC1. The highest BCUT2D eigenvalue weighted by Crippen LogP contribution is 2.23. The molecule has 1 aliphatic rings. The zero-order valence-corrected chi connectivity index (χ0v) is 16.7. The molecule has 0 unspecified atom stereocenters. The Morgan fingerprint density at radius 1 is 1.33 bits per heavy atom. The number of carbonyl (C=O) groups excluding carboxylic acids is 1. The van der Waals surface area contributed by atoms with Crippen LogP contribution in [0, 0.1) is 0 Å². The molecule has 1 N–H and O–H groups in total. The smallest absolute Gasteiger partial charge is 0.272 e. The molecule has 1 aromatic heterocycles. The Morgan fingerprint density at radius 3 is 2.96 bits per heavy atom. The number of carbonyl (C=O) groups is 1. The van der Waals surface area contributed by atoms with Gasteiger partial charge < -0.3 is 10.1 Å².